The monoisotopic (exact) mass is 503 g/mol. The normalized spacial score (nSPS) is 25.3. The SMILES string of the molecule is CCNC(=NCCOCc1ccccc1OC)NC1C2CCOC2C1(C)C.I. The van der Waals surface area contributed by atoms with Gasteiger partial charge in [0, 0.05) is 36.1 Å². The fourth-order valence-electron chi connectivity index (χ4n) is 4.31. The van der Waals surface area contributed by atoms with Gasteiger partial charge < -0.3 is 24.8 Å². The van der Waals surface area contributed by atoms with Crippen LogP contribution in [0.4, 0.5) is 0 Å². The third kappa shape index (κ3) is 5.10. The van der Waals surface area contributed by atoms with E-state index in [1.165, 1.54) is 0 Å². The molecule has 0 aromatic heterocycles. The van der Waals surface area contributed by atoms with E-state index in [1.54, 1.807) is 7.11 Å². The van der Waals surface area contributed by atoms with Crippen molar-refractivity contribution in [1.82, 2.24) is 10.6 Å². The molecule has 6 nitrogen and oxygen atoms in total. The van der Waals surface area contributed by atoms with Crippen molar-refractivity contribution in [2.75, 3.05) is 33.4 Å². The molecule has 3 unspecified atom stereocenters. The first-order valence-electron chi connectivity index (χ1n) is 9.94. The van der Waals surface area contributed by atoms with Crippen LogP contribution >= 0.6 is 24.0 Å². The van der Waals surface area contributed by atoms with Gasteiger partial charge in [0.05, 0.1) is 33.0 Å². The molecule has 0 spiro atoms. The number of rotatable bonds is 8. The summed E-state index contributed by atoms with van der Waals surface area (Å²) < 4.78 is 17.0. The Bertz CT molecular complexity index is 654. The number of ether oxygens (including phenoxy) is 3. The predicted molar refractivity (Wildman–Crippen MR) is 123 cm³/mol. The fraction of sp³-hybridized carbons (Fsp3) is 0.667. The number of nitrogens with zero attached hydrogens (tertiary/aromatic N) is 1. The molecule has 7 heteroatoms. The van der Waals surface area contributed by atoms with Gasteiger partial charge in [-0.05, 0) is 19.4 Å². The van der Waals surface area contributed by atoms with Gasteiger partial charge in [0.2, 0.25) is 0 Å². The maximum Gasteiger partial charge on any atom is 0.191 e. The first-order valence-corrected chi connectivity index (χ1v) is 9.94. The Balaban J connectivity index is 0.00000280. The maximum atomic E-state index is 5.88. The molecular formula is C21H34IN3O3. The van der Waals surface area contributed by atoms with Crippen molar-refractivity contribution in [1.29, 1.82) is 0 Å². The third-order valence-corrected chi connectivity index (χ3v) is 5.69. The summed E-state index contributed by atoms with van der Waals surface area (Å²) in [6.07, 6.45) is 1.51. The summed E-state index contributed by atoms with van der Waals surface area (Å²) in [6.45, 7) is 10.1. The van der Waals surface area contributed by atoms with Gasteiger partial charge in [0.15, 0.2) is 5.96 Å². The summed E-state index contributed by atoms with van der Waals surface area (Å²) in [5.41, 5.74) is 1.19. The van der Waals surface area contributed by atoms with Gasteiger partial charge in [0.25, 0.3) is 0 Å². The van der Waals surface area contributed by atoms with E-state index in [0.29, 0.717) is 37.8 Å². The molecule has 1 aromatic rings. The molecule has 2 aliphatic rings. The van der Waals surface area contributed by atoms with E-state index < -0.39 is 0 Å². The number of para-hydroxylation sites is 1. The van der Waals surface area contributed by atoms with Crippen molar-refractivity contribution in [3.05, 3.63) is 29.8 Å². The van der Waals surface area contributed by atoms with Crippen LogP contribution in [0.15, 0.2) is 29.3 Å². The highest BCUT2D eigenvalue weighted by atomic mass is 127. The summed E-state index contributed by atoms with van der Waals surface area (Å²) in [4.78, 5) is 4.69. The Morgan fingerprint density at radius 1 is 1.32 bits per heavy atom. The van der Waals surface area contributed by atoms with E-state index in [2.05, 4.69) is 36.4 Å². The molecule has 3 atom stereocenters. The Morgan fingerprint density at radius 2 is 2.11 bits per heavy atom. The van der Waals surface area contributed by atoms with Crippen LogP contribution in [0.2, 0.25) is 0 Å². The van der Waals surface area contributed by atoms with Crippen molar-refractivity contribution in [2.45, 2.75) is 45.9 Å². The molecule has 28 heavy (non-hydrogen) atoms. The van der Waals surface area contributed by atoms with Crippen LogP contribution in [0.25, 0.3) is 0 Å². The van der Waals surface area contributed by atoms with Crippen molar-refractivity contribution < 1.29 is 14.2 Å². The molecule has 1 heterocycles. The highest BCUT2D eigenvalue weighted by Gasteiger charge is 2.59. The second-order valence-electron chi connectivity index (χ2n) is 7.81. The molecule has 1 saturated heterocycles. The fourth-order valence-corrected chi connectivity index (χ4v) is 4.31. The Hall–Kier alpha value is -1.06. The number of hydrogen-bond donors (Lipinski definition) is 2. The zero-order valence-electron chi connectivity index (χ0n) is 17.4. The molecule has 1 aromatic carbocycles. The number of halogens is 1. The van der Waals surface area contributed by atoms with Crippen molar-refractivity contribution >= 4 is 29.9 Å². The summed E-state index contributed by atoms with van der Waals surface area (Å²) in [6, 6.07) is 8.32. The first-order chi connectivity index (χ1) is 13.1. The summed E-state index contributed by atoms with van der Waals surface area (Å²) in [7, 11) is 1.68. The van der Waals surface area contributed by atoms with E-state index in [0.717, 1.165) is 36.8 Å². The first kappa shape index (κ1) is 23.2. The molecule has 0 amide bonds. The van der Waals surface area contributed by atoms with E-state index in [-0.39, 0.29) is 29.4 Å². The molecule has 1 aliphatic heterocycles. The lowest BCUT2D eigenvalue weighted by Crippen LogP contribution is -2.68. The lowest BCUT2D eigenvalue weighted by atomic mass is 9.57. The van der Waals surface area contributed by atoms with Crippen LogP contribution in [-0.4, -0.2) is 51.5 Å². The average Bonchev–Trinajstić information content (AvgIpc) is 3.13. The van der Waals surface area contributed by atoms with E-state index in [1.807, 2.05) is 24.3 Å². The molecule has 0 bridgehead atoms. The molecule has 3 rings (SSSR count). The molecule has 0 radical (unpaired) electrons. The van der Waals surface area contributed by atoms with Gasteiger partial charge in [-0.3, -0.25) is 4.99 Å². The number of nitrogens with one attached hydrogen (secondary N) is 2. The standard InChI is InChI=1S/C21H33N3O3.HI/c1-5-22-20(24-18-16-10-12-27-19(16)21(18,2)3)23-11-13-26-14-15-8-6-7-9-17(15)25-4;/h6-9,16,18-19H,5,10-14H2,1-4H3,(H2,22,23,24);1H. The van der Waals surface area contributed by atoms with Crippen LogP contribution in [0.5, 0.6) is 5.75 Å². The second kappa shape index (κ2) is 10.6. The quantitative estimate of drug-likeness (QED) is 0.247. The number of methoxy groups -OCH3 is 1. The van der Waals surface area contributed by atoms with E-state index >= 15 is 0 Å². The highest BCUT2D eigenvalue weighted by molar-refractivity contribution is 14.0. The minimum atomic E-state index is 0. The van der Waals surface area contributed by atoms with Gasteiger partial charge in [-0.25, -0.2) is 0 Å². The van der Waals surface area contributed by atoms with Crippen LogP contribution in [0, 0.1) is 11.3 Å². The largest absolute Gasteiger partial charge is 0.496 e. The van der Waals surface area contributed by atoms with Gasteiger partial charge in [-0.1, -0.05) is 32.0 Å². The second-order valence-corrected chi connectivity index (χ2v) is 7.81. The molecule has 1 aliphatic carbocycles. The van der Waals surface area contributed by atoms with Gasteiger partial charge in [0.1, 0.15) is 5.75 Å². The van der Waals surface area contributed by atoms with E-state index in [4.69, 9.17) is 14.2 Å². The number of hydrogen-bond acceptors (Lipinski definition) is 4. The third-order valence-electron chi connectivity index (χ3n) is 5.69. The summed E-state index contributed by atoms with van der Waals surface area (Å²) >= 11 is 0. The number of fused-ring (bicyclic) bond motifs is 1. The van der Waals surface area contributed by atoms with Crippen molar-refractivity contribution in [3.63, 3.8) is 0 Å². The minimum absolute atomic E-state index is 0. The Kier molecular flexibility index (Phi) is 8.82. The minimum Gasteiger partial charge on any atom is -0.496 e. The Morgan fingerprint density at radius 3 is 2.86 bits per heavy atom. The Labute approximate surface area is 185 Å². The maximum absolute atomic E-state index is 5.88. The lowest BCUT2D eigenvalue weighted by molar-refractivity contribution is -0.106. The summed E-state index contributed by atoms with van der Waals surface area (Å²) in [5, 5.41) is 6.98. The number of aliphatic imine (C=N–C) groups is 1. The topological polar surface area (TPSA) is 64.1 Å². The smallest absolute Gasteiger partial charge is 0.191 e. The lowest BCUT2D eigenvalue weighted by Gasteiger charge is -2.54. The molecule has 1 saturated carbocycles. The average molecular weight is 503 g/mol. The van der Waals surface area contributed by atoms with Crippen molar-refractivity contribution in [3.8, 4) is 5.75 Å². The van der Waals surface area contributed by atoms with Gasteiger partial charge >= 0.3 is 0 Å². The summed E-state index contributed by atoms with van der Waals surface area (Å²) in [5.74, 6) is 2.31. The number of benzene rings is 1. The molecule has 2 N–H and O–H groups in total. The molecule has 2 fully saturated rings. The zero-order valence-corrected chi connectivity index (χ0v) is 19.7. The van der Waals surface area contributed by atoms with Crippen LogP contribution in [0.3, 0.4) is 0 Å². The van der Waals surface area contributed by atoms with Crippen LogP contribution in [-0.2, 0) is 16.1 Å². The number of guanidine groups is 1. The molecule has 158 valence electrons. The van der Waals surface area contributed by atoms with Gasteiger partial charge in [-0.15, -0.1) is 24.0 Å². The van der Waals surface area contributed by atoms with E-state index in [9.17, 15) is 0 Å². The predicted octanol–water partition coefficient (Wildman–Crippen LogP) is 3.20. The van der Waals surface area contributed by atoms with Crippen LogP contribution < -0.4 is 15.4 Å². The highest BCUT2D eigenvalue weighted by Crippen LogP contribution is 2.52. The van der Waals surface area contributed by atoms with Crippen molar-refractivity contribution in [2.24, 2.45) is 16.3 Å². The van der Waals surface area contributed by atoms with Crippen LogP contribution in [0.1, 0.15) is 32.8 Å². The van der Waals surface area contributed by atoms with Gasteiger partial charge in [-0.2, -0.15) is 0 Å². The zero-order chi connectivity index (χ0) is 19.3. The molecular weight excluding hydrogens is 469 g/mol.